The third kappa shape index (κ3) is 2.96. The lowest BCUT2D eigenvalue weighted by molar-refractivity contribution is -0.124. The molecular formula is C18H17BrClN3O. The van der Waals surface area contributed by atoms with E-state index in [1.807, 2.05) is 12.3 Å². The van der Waals surface area contributed by atoms with Gasteiger partial charge in [-0.1, -0.05) is 17.7 Å². The van der Waals surface area contributed by atoms with Crippen molar-refractivity contribution in [2.45, 2.75) is 18.9 Å². The smallest absolute Gasteiger partial charge is 0.234 e. The molecule has 0 saturated carbocycles. The Balaban J connectivity index is 1.87. The summed E-state index contributed by atoms with van der Waals surface area (Å²) in [4.78, 5) is 18.9. The van der Waals surface area contributed by atoms with E-state index < -0.39 is 0 Å². The van der Waals surface area contributed by atoms with Crippen LogP contribution in [0.5, 0.6) is 0 Å². The molecule has 1 aromatic carbocycles. The van der Waals surface area contributed by atoms with Gasteiger partial charge >= 0.3 is 0 Å². The second-order valence-electron chi connectivity index (χ2n) is 6.26. The predicted octanol–water partition coefficient (Wildman–Crippen LogP) is 3.12. The van der Waals surface area contributed by atoms with Crippen LogP contribution in [0.25, 0.3) is 0 Å². The third-order valence-electron chi connectivity index (χ3n) is 4.72. The molecule has 1 amide bonds. The summed E-state index contributed by atoms with van der Waals surface area (Å²) >= 11 is 9.75. The van der Waals surface area contributed by atoms with Crippen molar-refractivity contribution in [1.82, 2.24) is 15.2 Å². The number of aryl methyl sites for hydroxylation is 2. The van der Waals surface area contributed by atoms with Crippen LogP contribution in [0.2, 0.25) is 5.02 Å². The first-order valence-corrected chi connectivity index (χ1v) is 9.22. The Morgan fingerprint density at radius 2 is 2.08 bits per heavy atom. The lowest BCUT2D eigenvalue weighted by Gasteiger charge is -2.35. The average Bonchev–Trinajstić information content (AvgIpc) is 2.71. The Morgan fingerprint density at radius 1 is 1.25 bits per heavy atom. The molecule has 1 N–H and O–H groups in total. The van der Waals surface area contributed by atoms with E-state index in [1.165, 1.54) is 16.7 Å². The zero-order chi connectivity index (χ0) is 16.7. The van der Waals surface area contributed by atoms with Crippen LogP contribution in [0.4, 0.5) is 0 Å². The molecule has 6 heteroatoms. The normalized spacial score (nSPS) is 20.8. The van der Waals surface area contributed by atoms with Gasteiger partial charge in [0.25, 0.3) is 0 Å². The zero-order valence-corrected chi connectivity index (χ0v) is 15.4. The van der Waals surface area contributed by atoms with E-state index in [2.05, 4.69) is 44.3 Å². The fourth-order valence-electron chi connectivity index (χ4n) is 3.66. The van der Waals surface area contributed by atoms with E-state index in [9.17, 15) is 4.79 Å². The molecular weight excluding hydrogens is 390 g/mol. The van der Waals surface area contributed by atoms with E-state index >= 15 is 0 Å². The number of halogens is 2. The Morgan fingerprint density at radius 3 is 2.92 bits per heavy atom. The summed E-state index contributed by atoms with van der Waals surface area (Å²) in [5, 5.41) is 3.66. The summed E-state index contributed by atoms with van der Waals surface area (Å²) in [6.07, 6.45) is 3.69. The lowest BCUT2D eigenvalue weighted by atomic mass is 9.96. The van der Waals surface area contributed by atoms with Crippen molar-refractivity contribution in [2.75, 3.05) is 19.6 Å². The van der Waals surface area contributed by atoms with Gasteiger partial charge in [-0.2, -0.15) is 0 Å². The number of rotatable bonds is 1. The molecule has 124 valence electrons. The number of pyridine rings is 1. The number of carbonyl (C=O) groups excluding carboxylic acids is 1. The van der Waals surface area contributed by atoms with Crippen LogP contribution in [-0.4, -0.2) is 35.4 Å². The molecule has 1 unspecified atom stereocenters. The van der Waals surface area contributed by atoms with Gasteiger partial charge in [-0.25, -0.2) is 0 Å². The molecule has 2 heterocycles. The highest BCUT2D eigenvalue weighted by Gasteiger charge is 2.32. The van der Waals surface area contributed by atoms with Gasteiger partial charge in [0.2, 0.25) is 5.91 Å². The largest absolute Gasteiger partial charge is 0.354 e. The fourth-order valence-corrected chi connectivity index (χ4v) is 4.23. The minimum Gasteiger partial charge on any atom is -0.354 e. The van der Waals surface area contributed by atoms with Crippen LogP contribution in [-0.2, 0) is 17.6 Å². The summed E-state index contributed by atoms with van der Waals surface area (Å²) in [7, 11) is 0. The molecule has 1 atom stereocenters. The highest BCUT2D eigenvalue weighted by atomic mass is 79.9. The van der Waals surface area contributed by atoms with Crippen LogP contribution in [0.1, 0.15) is 28.4 Å². The molecule has 1 aliphatic heterocycles. The fraction of sp³-hybridized carbons (Fsp3) is 0.333. The van der Waals surface area contributed by atoms with Crippen LogP contribution < -0.4 is 5.32 Å². The van der Waals surface area contributed by atoms with Crippen molar-refractivity contribution in [1.29, 1.82) is 0 Å². The van der Waals surface area contributed by atoms with Gasteiger partial charge in [-0.05, 0) is 63.7 Å². The zero-order valence-electron chi connectivity index (χ0n) is 13.1. The van der Waals surface area contributed by atoms with E-state index in [0.29, 0.717) is 13.1 Å². The molecule has 4 rings (SSSR count). The standard InChI is InChI=1S/C18H17BrClN3O/c19-13-7-12-2-1-11-8-14(20)3-4-15(11)18(17(12)22-9-13)23-6-5-21-16(24)10-23/h3-4,7-9,18H,1-2,5-6,10H2,(H,21,24). The van der Waals surface area contributed by atoms with Crippen LogP contribution in [0.3, 0.4) is 0 Å². The van der Waals surface area contributed by atoms with Gasteiger partial charge in [0.1, 0.15) is 0 Å². The van der Waals surface area contributed by atoms with Gasteiger partial charge < -0.3 is 5.32 Å². The molecule has 0 bridgehead atoms. The van der Waals surface area contributed by atoms with Crippen molar-refractivity contribution in [3.8, 4) is 0 Å². The van der Waals surface area contributed by atoms with Crippen molar-refractivity contribution >= 4 is 33.4 Å². The third-order valence-corrected chi connectivity index (χ3v) is 5.39. The molecule has 1 aromatic heterocycles. The summed E-state index contributed by atoms with van der Waals surface area (Å²) in [5.74, 6) is 0.0691. The SMILES string of the molecule is O=C1CN(C2c3ccc(Cl)cc3CCc3cc(Br)cnc32)CCN1. The average molecular weight is 407 g/mol. The second kappa shape index (κ2) is 6.47. The minimum atomic E-state index is -0.00563. The minimum absolute atomic E-state index is 0.00563. The highest BCUT2D eigenvalue weighted by Crippen LogP contribution is 2.37. The van der Waals surface area contributed by atoms with E-state index in [4.69, 9.17) is 16.6 Å². The number of aromatic nitrogens is 1. The van der Waals surface area contributed by atoms with Gasteiger partial charge in [-0.15, -0.1) is 0 Å². The molecule has 4 nitrogen and oxygen atoms in total. The molecule has 2 aliphatic rings. The van der Waals surface area contributed by atoms with Gasteiger partial charge in [-0.3, -0.25) is 14.7 Å². The Kier molecular flexibility index (Phi) is 4.33. The number of hydrogen-bond acceptors (Lipinski definition) is 3. The Hall–Kier alpha value is -1.43. The van der Waals surface area contributed by atoms with Crippen LogP contribution >= 0.6 is 27.5 Å². The number of amides is 1. The maximum absolute atomic E-state index is 11.9. The maximum atomic E-state index is 11.9. The number of benzene rings is 1. The number of fused-ring (bicyclic) bond motifs is 2. The van der Waals surface area contributed by atoms with E-state index in [1.54, 1.807) is 0 Å². The van der Waals surface area contributed by atoms with E-state index in [-0.39, 0.29) is 11.9 Å². The first-order chi connectivity index (χ1) is 11.6. The molecule has 0 radical (unpaired) electrons. The highest BCUT2D eigenvalue weighted by molar-refractivity contribution is 9.10. The van der Waals surface area contributed by atoms with Crippen molar-refractivity contribution in [3.05, 3.63) is 62.3 Å². The molecule has 24 heavy (non-hydrogen) atoms. The Labute approximate surface area is 154 Å². The first-order valence-electron chi connectivity index (χ1n) is 8.05. The summed E-state index contributed by atoms with van der Waals surface area (Å²) in [6.45, 7) is 1.88. The molecule has 1 aliphatic carbocycles. The number of hydrogen-bond donors (Lipinski definition) is 1. The van der Waals surface area contributed by atoms with Gasteiger partial charge in [0.15, 0.2) is 0 Å². The van der Waals surface area contributed by atoms with E-state index in [0.717, 1.165) is 34.6 Å². The van der Waals surface area contributed by atoms with Crippen LogP contribution in [0.15, 0.2) is 34.9 Å². The van der Waals surface area contributed by atoms with Crippen molar-refractivity contribution in [2.24, 2.45) is 0 Å². The molecule has 1 fully saturated rings. The molecule has 0 spiro atoms. The summed E-state index contributed by atoms with van der Waals surface area (Å²) in [5.41, 5.74) is 4.73. The van der Waals surface area contributed by atoms with Gasteiger partial charge in [0.05, 0.1) is 18.3 Å². The number of nitrogens with one attached hydrogen (secondary N) is 1. The quantitative estimate of drug-likeness (QED) is 0.791. The Bertz CT molecular complexity index is 757. The van der Waals surface area contributed by atoms with Crippen LogP contribution in [0, 0.1) is 0 Å². The molecule has 2 aromatic rings. The van der Waals surface area contributed by atoms with Crippen molar-refractivity contribution < 1.29 is 4.79 Å². The monoisotopic (exact) mass is 405 g/mol. The number of nitrogens with zero attached hydrogens (tertiary/aromatic N) is 2. The summed E-state index contributed by atoms with van der Waals surface area (Å²) < 4.78 is 0.986. The second-order valence-corrected chi connectivity index (χ2v) is 7.62. The summed E-state index contributed by atoms with van der Waals surface area (Å²) in [6, 6.07) is 8.21. The first kappa shape index (κ1) is 16.1. The number of carbonyl (C=O) groups is 1. The van der Waals surface area contributed by atoms with Gasteiger partial charge in [0, 0.05) is 28.8 Å². The predicted molar refractivity (Wildman–Crippen MR) is 97.2 cm³/mol. The molecule has 1 saturated heterocycles. The lowest BCUT2D eigenvalue weighted by Crippen LogP contribution is -2.49. The van der Waals surface area contributed by atoms with Crippen molar-refractivity contribution in [3.63, 3.8) is 0 Å². The topological polar surface area (TPSA) is 45.2 Å². The number of piperazine rings is 1. The maximum Gasteiger partial charge on any atom is 0.234 e.